The largest absolute Gasteiger partial charge is 0.328 e. The summed E-state index contributed by atoms with van der Waals surface area (Å²) in [6.07, 6.45) is 1.75. The molecule has 0 bridgehead atoms. The molecule has 1 aromatic carbocycles. The van der Waals surface area contributed by atoms with Gasteiger partial charge in [0, 0.05) is 17.6 Å². The lowest BCUT2D eigenvalue weighted by molar-refractivity contribution is 1.24. The molecule has 0 radical (unpaired) electrons. The molecule has 1 heterocycles. The van der Waals surface area contributed by atoms with Crippen molar-refractivity contribution in [3.63, 3.8) is 0 Å². The number of aryl methyl sites for hydroxylation is 1. The topological polar surface area (TPSA) is 40.7 Å². The average molecular weight is 242 g/mol. The normalized spacial score (nSPS) is 10.3. The quantitative estimate of drug-likeness (QED) is 0.841. The Morgan fingerprint density at radius 1 is 1.27 bits per heavy atom. The molecule has 15 heavy (non-hydrogen) atoms. The van der Waals surface area contributed by atoms with Crippen molar-refractivity contribution in [3.8, 4) is 0 Å². The molecule has 0 aliphatic rings. The minimum atomic E-state index is 0.518. The van der Waals surface area contributed by atoms with E-state index in [1.165, 1.54) is 0 Å². The number of anilines is 2. The molecular weight excluding hydrogens is 233 g/mol. The number of imidazole rings is 1. The molecular formula is C10H9Cl2N3. The number of hydrogen-bond donors (Lipinski definition) is 2. The summed E-state index contributed by atoms with van der Waals surface area (Å²) < 4.78 is 0. The molecule has 0 unspecified atom stereocenters. The van der Waals surface area contributed by atoms with Gasteiger partial charge in [0.1, 0.15) is 0 Å². The number of aromatic amines is 1. The highest BCUT2D eigenvalue weighted by atomic mass is 35.5. The average Bonchev–Trinajstić information content (AvgIpc) is 2.58. The van der Waals surface area contributed by atoms with Gasteiger partial charge in [0.25, 0.3) is 0 Å². The highest BCUT2D eigenvalue weighted by molar-refractivity contribution is 6.42. The van der Waals surface area contributed by atoms with Crippen LogP contribution in [0.25, 0.3) is 0 Å². The Hall–Kier alpha value is -1.19. The number of aromatic nitrogens is 2. The van der Waals surface area contributed by atoms with Crippen LogP contribution < -0.4 is 5.32 Å². The summed E-state index contributed by atoms with van der Waals surface area (Å²) in [7, 11) is 0. The van der Waals surface area contributed by atoms with Crippen LogP contribution in [0, 0.1) is 6.92 Å². The summed E-state index contributed by atoms with van der Waals surface area (Å²) in [5, 5.41) is 4.14. The maximum Gasteiger partial charge on any atom is 0.204 e. The van der Waals surface area contributed by atoms with E-state index in [4.69, 9.17) is 23.2 Å². The van der Waals surface area contributed by atoms with Gasteiger partial charge in [0.2, 0.25) is 5.95 Å². The molecule has 0 spiro atoms. The van der Waals surface area contributed by atoms with Gasteiger partial charge in [0.05, 0.1) is 10.0 Å². The Bertz CT molecular complexity index is 479. The Kier molecular flexibility index (Phi) is 2.84. The van der Waals surface area contributed by atoms with Gasteiger partial charge in [-0.25, -0.2) is 4.98 Å². The van der Waals surface area contributed by atoms with E-state index in [1.54, 1.807) is 18.3 Å². The number of nitrogens with one attached hydrogen (secondary N) is 2. The molecule has 2 aromatic rings. The fourth-order valence-electron chi connectivity index (χ4n) is 1.19. The van der Waals surface area contributed by atoms with Crippen molar-refractivity contribution >= 4 is 34.8 Å². The van der Waals surface area contributed by atoms with Gasteiger partial charge in [-0.2, -0.15) is 0 Å². The van der Waals surface area contributed by atoms with E-state index < -0.39 is 0 Å². The van der Waals surface area contributed by atoms with E-state index >= 15 is 0 Å². The third-order valence-electron chi connectivity index (χ3n) is 1.89. The molecule has 5 heteroatoms. The van der Waals surface area contributed by atoms with E-state index in [-0.39, 0.29) is 0 Å². The second-order valence-corrected chi connectivity index (χ2v) is 3.98. The molecule has 0 aliphatic carbocycles. The Morgan fingerprint density at radius 2 is 2.07 bits per heavy atom. The summed E-state index contributed by atoms with van der Waals surface area (Å²) in [6.45, 7) is 1.94. The predicted octanol–water partition coefficient (Wildman–Crippen LogP) is 3.77. The lowest BCUT2D eigenvalue weighted by Crippen LogP contribution is -1.92. The summed E-state index contributed by atoms with van der Waals surface area (Å²) in [4.78, 5) is 7.18. The van der Waals surface area contributed by atoms with E-state index in [0.29, 0.717) is 16.0 Å². The first-order valence-corrected chi connectivity index (χ1v) is 5.14. The summed E-state index contributed by atoms with van der Waals surface area (Å²) in [6, 6.07) is 5.33. The van der Waals surface area contributed by atoms with Gasteiger partial charge < -0.3 is 10.3 Å². The molecule has 0 fully saturated rings. The van der Waals surface area contributed by atoms with E-state index in [9.17, 15) is 0 Å². The SMILES string of the molecule is Cc1cnc(Nc2ccc(Cl)c(Cl)c2)[nH]1. The van der Waals surface area contributed by atoms with Gasteiger partial charge in [-0.3, -0.25) is 0 Å². The van der Waals surface area contributed by atoms with Gasteiger partial charge in [0.15, 0.2) is 0 Å². The predicted molar refractivity (Wildman–Crippen MR) is 63.1 cm³/mol. The maximum atomic E-state index is 5.88. The van der Waals surface area contributed by atoms with Crippen molar-refractivity contribution < 1.29 is 0 Å². The number of halogens is 2. The first-order chi connectivity index (χ1) is 7.15. The van der Waals surface area contributed by atoms with Crippen molar-refractivity contribution in [2.24, 2.45) is 0 Å². The number of H-pyrrole nitrogens is 1. The van der Waals surface area contributed by atoms with Crippen LogP contribution in [0.15, 0.2) is 24.4 Å². The summed E-state index contributed by atoms with van der Waals surface area (Å²) >= 11 is 11.7. The van der Waals surface area contributed by atoms with Crippen molar-refractivity contribution in [2.75, 3.05) is 5.32 Å². The number of benzene rings is 1. The smallest absolute Gasteiger partial charge is 0.204 e. The number of rotatable bonds is 2. The summed E-state index contributed by atoms with van der Waals surface area (Å²) in [5.41, 5.74) is 1.84. The number of hydrogen-bond acceptors (Lipinski definition) is 2. The lowest BCUT2D eigenvalue weighted by atomic mass is 10.3. The van der Waals surface area contributed by atoms with E-state index in [2.05, 4.69) is 15.3 Å². The third kappa shape index (κ3) is 2.43. The van der Waals surface area contributed by atoms with Gasteiger partial charge >= 0.3 is 0 Å². The van der Waals surface area contributed by atoms with Crippen LogP contribution in [0.5, 0.6) is 0 Å². The van der Waals surface area contributed by atoms with Gasteiger partial charge in [-0.05, 0) is 25.1 Å². The first kappa shape index (κ1) is 10.3. The molecule has 2 N–H and O–H groups in total. The fourth-order valence-corrected chi connectivity index (χ4v) is 1.48. The molecule has 0 amide bonds. The molecule has 2 rings (SSSR count). The van der Waals surface area contributed by atoms with Crippen molar-refractivity contribution in [1.29, 1.82) is 0 Å². The standard InChI is InChI=1S/C10H9Cl2N3/c1-6-5-13-10(14-6)15-7-2-3-8(11)9(12)4-7/h2-5H,1H3,(H2,13,14,15). The highest BCUT2D eigenvalue weighted by Gasteiger charge is 2.01. The van der Waals surface area contributed by atoms with Crippen LogP contribution in [0.2, 0.25) is 10.0 Å². The van der Waals surface area contributed by atoms with E-state index in [0.717, 1.165) is 11.4 Å². The zero-order valence-electron chi connectivity index (χ0n) is 8.01. The maximum absolute atomic E-state index is 5.88. The van der Waals surface area contributed by atoms with Crippen molar-refractivity contribution in [1.82, 2.24) is 9.97 Å². The Morgan fingerprint density at radius 3 is 2.67 bits per heavy atom. The van der Waals surface area contributed by atoms with Crippen LogP contribution in [0.1, 0.15) is 5.69 Å². The molecule has 0 saturated carbocycles. The van der Waals surface area contributed by atoms with Gasteiger partial charge in [-0.15, -0.1) is 0 Å². The molecule has 0 saturated heterocycles. The summed E-state index contributed by atoms with van der Waals surface area (Å²) in [5.74, 6) is 0.686. The van der Waals surface area contributed by atoms with Crippen LogP contribution in [0.4, 0.5) is 11.6 Å². The molecule has 1 aromatic heterocycles. The zero-order chi connectivity index (χ0) is 10.8. The van der Waals surface area contributed by atoms with Crippen molar-refractivity contribution in [3.05, 3.63) is 40.1 Å². The van der Waals surface area contributed by atoms with Crippen LogP contribution >= 0.6 is 23.2 Å². The molecule has 3 nitrogen and oxygen atoms in total. The van der Waals surface area contributed by atoms with Crippen molar-refractivity contribution in [2.45, 2.75) is 6.92 Å². The third-order valence-corrected chi connectivity index (χ3v) is 2.62. The molecule has 0 atom stereocenters. The van der Waals surface area contributed by atoms with E-state index in [1.807, 2.05) is 13.0 Å². The lowest BCUT2D eigenvalue weighted by Gasteiger charge is -2.03. The monoisotopic (exact) mass is 241 g/mol. The fraction of sp³-hybridized carbons (Fsp3) is 0.100. The van der Waals surface area contributed by atoms with Gasteiger partial charge in [-0.1, -0.05) is 23.2 Å². The minimum Gasteiger partial charge on any atom is -0.328 e. The molecule has 0 aliphatic heterocycles. The number of nitrogens with zero attached hydrogens (tertiary/aromatic N) is 1. The second kappa shape index (κ2) is 4.13. The second-order valence-electron chi connectivity index (χ2n) is 3.17. The Labute approximate surface area is 97.4 Å². The van der Waals surface area contributed by atoms with Crippen LogP contribution in [0.3, 0.4) is 0 Å². The minimum absolute atomic E-state index is 0.518. The highest BCUT2D eigenvalue weighted by Crippen LogP contribution is 2.26. The van der Waals surface area contributed by atoms with Crippen LogP contribution in [-0.4, -0.2) is 9.97 Å². The Balaban J connectivity index is 2.21. The zero-order valence-corrected chi connectivity index (χ0v) is 9.52. The molecule has 78 valence electrons. The first-order valence-electron chi connectivity index (χ1n) is 4.39. The van der Waals surface area contributed by atoms with Crippen LogP contribution in [-0.2, 0) is 0 Å².